The first-order valence-electron chi connectivity index (χ1n) is 7.15. The molecule has 1 N–H and O–H groups in total. The minimum atomic E-state index is -0.243. The summed E-state index contributed by atoms with van der Waals surface area (Å²) in [4.78, 5) is 3.84. The highest BCUT2D eigenvalue weighted by atomic mass is 19.1. The maximum absolute atomic E-state index is 14.1. The molecule has 0 aliphatic heterocycles. The molecule has 1 aromatic carbocycles. The van der Waals surface area contributed by atoms with E-state index in [9.17, 15) is 4.39 Å². The molecule has 0 aliphatic rings. The second kappa shape index (κ2) is 7.15. The number of aromatic nitrogens is 1. The lowest BCUT2D eigenvalue weighted by molar-refractivity contribution is 0.426. The lowest BCUT2D eigenvalue weighted by Gasteiger charge is -2.28. The minimum absolute atomic E-state index is 0.0320. The SMILES string of the molecule is CCNC(c1ccncc1F)C(CC)c1ccccc1. The van der Waals surface area contributed by atoms with E-state index in [-0.39, 0.29) is 17.8 Å². The molecule has 2 aromatic rings. The molecule has 2 nitrogen and oxygen atoms in total. The van der Waals surface area contributed by atoms with Gasteiger partial charge in [-0.3, -0.25) is 4.98 Å². The maximum atomic E-state index is 14.1. The van der Waals surface area contributed by atoms with E-state index in [1.807, 2.05) is 25.1 Å². The molecule has 1 heterocycles. The largest absolute Gasteiger partial charge is 0.310 e. The molecule has 3 heteroatoms. The highest BCUT2D eigenvalue weighted by Gasteiger charge is 2.24. The van der Waals surface area contributed by atoms with Crippen molar-refractivity contribution in [2.45, 2.75) is 32.2 Å². The zero-order chi connectivity index (χ0) is 14.4. The van der Waals surface area contributed by atoms with Gasteiger partial charge in [0.15, 0.2) is 0 Å². The summed E-state index contributed by atoms with van der Waals surface area (Å²) >= 11 is 0. The summed E-state index contributed by atoms with van der Waals surface area (Å²) in [5.74, 6) is 0.000816. The zero-order valence-corrected chi connectivity index (χ0v) is 12.0. The molecule has 2 rings (SSSR count). The van der Waals surface area contributed by atoms with E-state index in [0.717, 1.165) is 13.0 Å². The standard InChI is InChI=1S/C17H21FN2/c1-3-14(13-8-6-5-7-9-13)17(20-4-2)15-10-11-19-12-16(15)18/h5-12,14,17,20H,3-4H2,1-2H3. The fourth-order valence-corrected chi connectivity index (χ4v) is 2.69. The molecule has 0 radical (unpaired) electrons. The van der Waals surface area contributed by atoms with Crippen LogP contribution in [0.25, 0.3) is 0 Å². The van der Waals surface area contributed by atoms with Crippen LogP contribution in [-0.2, 0) is 0 Å². The van der Waals surface area contributed by atoms with Gasteiger partial charge in [-0.05, 0) is 24.6 Å². The highest BCUT2D eigenvalue weighted by molar-refractivity contribution is 5.27. The molecular weight excluding hydrogens is 251 g/mol. The van der Waals surface area contributed by atoms with Gasteiger partial charge in [0, 0.05) is 23.7 Å². The number of likely N-dealkylation sites (N-methyl/N-ethyl adjacent to an activating group) is 1. The van der Waals surface area contributed by atoms with Crippen LogP contribution in [0.5, 0.6) is 0 Å². The Balaban J connectivity index is 2.39. The van der Waals surface area contributed by atoms with Crippen LogP contribution in [0.4, 0.5) is 4.39 Å². The second-order valence-electron chi connectivity index (χ2n) is 4.86. The third kappa shape index (κ3) is 3.23. The number of nitrogens with one attached hydrogen (secondary N) is 1. The Kier molecular flexibility index (Phi) is 5.24. The summed E-state index contributed by atoms with van der Waals surface area (Å²) in [5, 5.41) is 3.42. The molecule has 0 amide bonds. The molecular formula is C17H21FN2. The van der Waals surface area contributed by atoms with Crippen LogP contribution >= 0.6 is 0 Å². The van der Waals surface area contributed by atoms with Crippen molar-refractivity contribution >= 4 is 0 Å². The molecule has 2 unspecified atom stereocenters. The highest BCUT2D eigenvalue weighted by Crippen LogP contribution is 2.34. The Labute approximate surface area is 120 Å². The van der Waals surface area contributed by atoms with Crippen LogP contribution in [0.2, 0.25) is 0 Å². The average Bonchev–Trinajstić information content (AvgIpc) is 2.49. The second-order valence-corrected chi connectivity index (χ2v) is 4.86. The molecule has 0 saturated heterocycles. The summed E-state index contributed by atoms with van der Waals surface area (Å²) in [6.45, 7) is 4.99. The predicted molar refractivity (Wildman–Crippen MR) is 80.1 cm³/mol. The smallest absolute Gasteiger partial charge is 0.146 e. The van der Waals surface area contributed by atoms with Crippen LogP contribution in [0.15, 0.2) is 48.8 Å². The van der Waals surface area contributed by atoms with Crippen molar-refractivity contribution in [2.75, 3.05) is 6.54 Å². The van der Waals surface area contributed by atoms with Crippen LogP contribution in [0.3, 0.4) is 0 Å². The van der Waals surface area contributed by atoms with Crippen molar-refractivity contribution in [1.82, 2.24) is 10.3 Å². The molecule has 0 saturated carbocycles. The third-order valence-electron chi connectivity index (χ3n) is 3.63. The fraction of sp³-hybridized carbons (Fsp3) is 0.353. The van der Waals surface area contributed by atoms with Gasteiger partial charge in [-0.15, -0.1) is 0 Å². The van der Waals surface area contributed by atoms with Gasteiger partial charge in [-0.2, -0.15) is 0 Å². The Hall–Kier alpha value is -1.74. The summed E-state index contributed by atoms with van der Waals surface area (Å²) in [6.07, 6.45) is 3.89. The van der Waals surface area contributed by atoms with E-state index in [4.69, 9.17) is 0 Å². The fourth-order valence-electron chi connectivity index (χ4n) is 2.69. The van der Waals surface area contributed by atoms with Crippen LogP contribution in [0, 0.1) is 5.82 Å². The van der Waals surface area contributed by atoms with E-state index in [1.165, 1.54) is 11.8 Å². The van der Waals surface area contributed by atoms with Crippen LogP contribution in [0.1, 0.15) is 43.4 Å². The van der Waals surface area contributed by atoms with E-state index in [0.29, 0.717) is 5.56 Å². The number of hydrogen-bond donors (Lipinski definition) is 1. The third-order valence-corrected chi connectivity index (χ3v) is 3.63. The van der Waals surface area contributed by atoms with Gasteiger partial charge in [0.1, 0.15) is 5.82 Å². The summed E-state index contributed by atoms with van der Waals surface area (Å²) in [6, 6.07) is 12.0. The molecule has 106 valence electrons. The first-order chi connectivity index (χ1) is 9.77. The molecule has 0 spiro atoms. The number of benzene rings is 1. The van der Waals surface area contributed by atoms with Crippen molar-refractivity contribution in [3.05, 3.63) is 65.7 Å². The van der Waals surface area contributed by atoms with Crippen LogP contribution in [-0.4, -0.2) is 11.5 Å². The van der Waals surface area contributed by atoms with Gasteiger partial charge in [-0.1, -0.05) is 44.2 Å². The minimum Gasteiger partial charge on any atom is -0.310 e. The Morgan fingerprint density at radius 3 is 2.50 bits per heavy atom. The number of pyridine rings is 1. The predicted octanol–water partition coefficient (Wildman–Crippen LogP) is 4.07. The first-order valence-corrected chi connectivity index (χ1v) is 7.15. The Bertz CT molecular complexity index is 528. The van der Waals surface area contributed by atoms with Gasteiger partial charge in [0.2, 0.25) is 0 Å². The van der Waals surface area contributed by atoms with Crippen molar-refractivity contribution in [3.63, 3.8) is 0 Å². The Morgan fingerprint density at radius 2 is 1.90 bits per heavy atom. The molecule has 0 aliphatic carbocycles. The van der Waals surface area contributed by atoms with Crippen LogP contribution < -0.4 is 5.32 Å². The monoisotopic (exact) mass is 272 g/mol. The number of hydrogen-bond acceptors (Lipinski definition) is 2. The van der Waals surface area contributed by atoms with E-state index < -0.39 is 0 Å². The summed E-state index contributed by atoms with van der Waals surface area (Å²) in [7, 11) is 0. The van der Waals surface area contributed by atoms with Crippen molar-refractivity contribution in [2.24, 2.45) is 0 Å². The molecule has 0 fully saturated rings. The van der Waals surface area contributed by atoms with Gasteiger partial charge < -0.3 is 5.32 Å². The molecule has 1 aromatic heterocycles. The van der Waals surface area contributed by atoms with E-state index >= 15 is 0 Å². The lowest BCUT2D eigenvalue weighted by atomic mass is 9.85. The molecule has 2 atom stereocenters. The quantitative estimate of drug-likeness (QED) is 0.857. The summed E-state index contributed by atoms with van der Waals surface area (Å²) < 4.78 is 14.1. The molecule has 0 bridgehead atoms. The molecule has 20 heavy (non-hydrogen) atoms. The first kappa shape index (κ1) is 14.7. The van der Waals surface area contributed by atoms with E-state index in [2.05, 4.69) is 29.4 Å². The zero-order valence-electron chi connectivity index (χ0n) is 12.0. The van der Waals surface area contributed by atoms with Gasteiger partial charge >= 0.3 is 0 Å². The number of rotatable bonds is 6. The van der Waals surface area contributed by atoms with Crippen molar-refractivity contribution in [3.8, 4) is 0 Å². The Morgan fingerprint density at radius 1 is 1.15 bits per heavy atom. The lowest BCUT2D eigenvalue weighted by Crippen LogP contribution is -2.27. The normalized spacial score (nSPS) is 13.9. The van der Waals surface area contributed by atoms with Gasteiger partial charge in [0.25, 0.3) is 0 Å². The number of nitrogens with zero attached hydrogens (tertiary/aromatic N) is 1. The van der Waals surface area contributed by atoms with Crippen molar-refractivity contribution in [1.29, 1.82) is 0 Å². The van der Waals surface area contributed by atoms with Crippen molar-refractivity contribution < 1.29 is 4.39 Å². The number of halogens is 1. The average molecular weight is 272 g/mol. The van der Waals surface area contributed by atoms with E-state index in [1.54, 1.807) is 12.3 Å². The summed E-state index contributed by atoms with van der Waals surface area (Å²) in [5.41, 5.74) is 1.93. The topological polar surface area (TPSA) is 24.9 Å². The van der Waals surface area contributed by atoms with Gasteiger partial charge in [-0.25, -0.2) is 4.39 Å². The van der Waals surface area contributed by atoms with Gasteiger partial charge in [0.05, 0.1) is 6.20 Å². The maximum Gasteiger partial charge on any atom is 0.146 e.